The van der Waals surface area contributed by atoms with E-state index in [2.05, 4.69) is 0 Å². The molecule has 0 radical (unpaired) electrons. The van der Waals surface area contributed by atoms with Gasteiger partial charge in [-0.2, -0.15) is 4.31 Å². The van der Waals surface area contributed by atoms with Crippen LogP contribution < -0.4 is 14.2 Å². The highest BCUT2D eigenvalue weighted by molar-refractivity contribution is 7.89. The lowest BCUT2D eigenvalue weighted by Crippen LogP contribution is -2.52. The Hall–Kier alpha value is -2.29. The first kappa shape index (κ1) is 21.4. The number of nitrogens with zero attached hydrogens (tertiary/aromatic N) is 1. The number of sulfonamides is 1. The van der Waals surface area contributed by atoms with Gasteiger partial charge in [-0.15, -0.1) is 0 Å². The Morgan fingerprint density at radius 3 is 2.24 bits per heavy atom. The molecule has 1 N–H and O–H groups in total. The van der Waals surface area contributed by atoms with Crippen LogP contribution in [0.3, 0.4) is 0 Å². The zero-order valence-corrected chi connectivity index (χ0v) is 18.1. The second-order valence-electron chi connectivity index (χ2n) is 7.18. The van der Waals surface area contributed by atoms with Gasteiger partial charge in [0.05, 0.1) is 38.4 Å². The third-order valence-corrected chi connectivity index (χ3v) is 7.38. The van der Waals surface area contributed by atoms with Gasteiger partial charge in [-0.3, -0.25) is 0 Å². The average Bonchev–Trinajstić information content (AvgIpc) is 2.70. The maximum absolute atomic E-state index is 13.3. The molecule has 0 aliphatic carbocycles. The summed E-state index contributed by atoms with van der Waals surface area (Å²) in [6, 6.07) is 9.12. The first-order chi connectivity index (χ1) is 13.8. The Kier molecular flexibility index (Phi) is 6.07. The molecular weight excluding hydrogens is 394 g/mol. The highest BCUT2D eigenvalue weighted by Crippen LogP contribution is 2.44. The molecule has 2 aromatic carbocycles. The monoisotopic (exact) mass is 421 g/mol. The fourth-order valence-electron chi connectivity index (χ4n) is 4.01. The van der Waals surface area contributed by atoms with Crippen LogP contribution in [0.25, 0.3) is 0 Å². The van der Waals surface area contributed by atoms with E-state index in [0.717, 1.165) is 5.56 Å². The molecule has 0 fully saturated rings. The predicted octanol–water partition coefficient (Wildman–Crippen LogP) is 2.77. The normalized spacial score (nSPS) is 20.9. The zero-order valence-electron chi connectivity index (χ0n) is 17.2. The molecule has 0 unspecified atom stereocenters. The summed E-state index contributed by atoms with van der Waals surface area (Å²) >= 11 is 0. The molecule has 7 nitrogen and oxygen atoms in total. The number of aliphatic hydroxyl groups excluding tert-OH is 1. The second-order valence-corrected chi connectivity index (χ2v) is 8.99. The molecule has 29 heavy (non-hydrogen) atoms. The van der Waals surface area contributed by atoms with Gasteiger partial charge in [0.1, 0.15) is 0 Å². The van der Waals surface area contributed by atoms with Gasteiger partial charge in [0, 0.05) is 11.6 Å². The molecule has 1 aliphatic rings. The molecule has 0 amide bonds. The number of ether oxygens (including phenoxy) is 3. The van der Waals surface area contributed by atoms with Crippen LogP contribution >= 0.6 is 0 Å². The van der Waals surface area contributed by atoms with Crippen molar-refractivity contribution in [2.24, 2.45) is 0 Å². The Bertz CT molecular complexity index is 989. The molecule has 0 spiro atoms. The van der Waals surface area contributed by atoms with Crippen LogP contribution in [0.15, 0.2) is 41.3 Å². The van der Waals surface area contributed by atoms with E-state index in [-0.39, 0.29) is 17.4 Å². The maximum Gasteiger partial charge on any atom is 0.244 e. The Morgan fingerprint density at radius 2 is 1.66 bits per heavy atom. The van der Waals surface area contributed by atoms with Gasteiger partial charge >= 0.3 is 0 Å². The van der Waals surface area contributed by atoms with E-state index in [1.807, 2.05) is 0 Å². The van der Waals surface area contributed by atoms with E-state index in [4.69, 9.17) is 14.2 Å². The van der Waals surface area contributed by atoms with Gasteiger partial charge < -0.3 is 19.3 Å². The summed E-state index contributed by atoms with van der Waals surface area (Å²) in [5.74, 6) is 1.40. The SMILES string of the molecule is COc1ccc(C[C@@H]2[C@H](O)c3ccccc3S(=O)(=O)N2C(C)C)c(OC)c1OC. The molecule has 8 heteroatoms. The van der Waals surface area contributed by atoms with E-state index in [0.29, 0.717) is 22.8 Å². The molecule has 2 atom stereocenters. The first-order valence-corrected chi connectivity index (χ1v) is 10.8. The van der Waals surface area contributed by atoms with E-state index in [1.165, 1.54) is 31.7 Å². The summed E-state index contributed by atoms with van der Waals surface area (Å²) in [7, 11) is 0.811. The second kappa shape index (κ2) is 8.22. The van der Waals surface area contributed by atoms with Crippen LogP contribution in [0.5, 0.6) is 17.2 Å². The molecule has 158 valence electrons. The lowest BCUT2D eigenvalue weighted by atomic mass is 9.94. The van der Waals surface area contributed by atoms with Gasteiger partial charge in [0.15, 0.2) is 11.5 Å². The van der Waals surface area contributed by atoms with Gasteiger partial charge in [-0.1, -0.05) is 24.3 Å². The third-order valence-electron chi connectivity index (χ3n) is 5.21. The van der Waals surface area contributed by atoms with Crippen molar-refractivity contribution in [3.8, 4) is 17.2 Å². The lowest BCUT2D eigenvalue weighted by molar-refractivity contribution is 0.0681. The first-order valence-electron chi connectivity index (χ1n) is 9.36. The quantitative estimate of drug-likeness (QED) is 0.772. The smallest absolute Gasteiger partial charge is 0.244 e. The van der Waals surface area contributed by atoms with Gasteiger partial charge in [0.25, 0.3) is 0 Å². The summed E-state index contributed by atoms with van der Waals surface area (Å²) in [4.78, 5) is 0.150. The summed E-state index contributed by atoms with van der Waals surface area (Å²) in [5.41, 5.74) is 1.13. The van der Waals surface area contributed by atoms with Crippen LogP contribution in [-0.4, -0.2) is 51.2 Å². The van der Waals surface area contributed by atoms with Crippen molar-refractivity contribution in [1.29, 1.82) is 0 Å². The van der Waals surface area contributed by atoms with Crippen LogP contribution in [-0.2, 0) is 16.4 Å². The van der Waals surface area contributed by atoms with Crippen LogP contribution in [0, 0.1) is 0 Å². The summed E-state index contributed by atoms with van der Waals surface area (Å²) in [6.07, 6.45) is -0.730. The lowest BCUT2D eigenvalue weighted by Gasteiger charge is -2.41. The minimum atomic E-state index is -3.76. The highest BCUT2D eigenvalue weighted by atomic mass is 32.2. The molecule has 1 heterocycles. The molecule has 1 aliphatic heterocycles. The van der Waals surface area contributed by atoms with Gasteiger partial charge in [0.2, 0.25) is 15.8 Å². The fraction of sp³-hybridized carbons (Fsp3) is 0.429. The summed E-state index contributed by atoms with van der Waals surface area (Å²) < 4.78 is 44.3. The number of methoxy groups -OCH3 is 3. The average molecular weight is 422 g/mol. The van der Waals surface area contributed by atoms with Crippen molar-refractivity contribution in [1.82, 2.24) is 4.31 Å². The molecular formula is C21H27NO6S. The van der Waals surface area contributed by atoms with Gasteiger partial charge in [-0.25, -0.2) is 8.42 Å². The Balaban J connectivity index is 2.13. The van der Waals surface area contributed by atoms with Crippen molar-refractivity contribution in [2.75, 3.05) is 21.3 Å². The molecule has 3 rings (SSSR count). The van der Waals surface area contributed by atoms with Crippen molar-refractivity contribution in [3.05, 3.63) is 47.5 Å². The number of benzene rings is 2. The molecule has 2 aromatic rings. The summed E-state index contributed by atoms with van der Waals surface area (Å²) in [5, 5.41) is 11.1. The third kappa shape index (κ3) is 3.56. The van der Waals surface area contributed by atoms with Crippen molar-refractivity contribution in [2.45, 2.75) is 43.4 Å². The maximum atomic E-state index is 13.3. The zero-order chi connectivity index (χ0) is 21.3. The minimum absolute atomic E-state index is 0.150. The number of hydrogen-bond acceptors (Lipinski definition) is 6. The minimum Gasteiger partial charge on any atom is -0.493 e. The van der Waals surface area contributed by atoms with Crippen molar-refractivity contribution >= 4 is 10.0 Å². The topological polar surface area (TPSA) is 85.3 Å². The van der Waals surface area contributed by atoms with E-state index >= 15 is 0 Å². The molecule has 0 aromatic heterocycles. The number of fused-ring (bicyclic) bond motifs is 1. The Morgan fingerprint density at radius 1 is 1.00 bits per heavy atom. The van der Waals surface area contributed by atoms with E-state index in [1.54, 1.807) is 44.2 Å². The Labute approximate surface area is 171 Å². The van der Waals surface area contributed by atoms with E-state index in [9.17, 15) is 13.5 Å². The van der Waals surface area contributed by atoms with Gasteiger partial charge in [-0.05, 0) is 38.0 Å². The largest absolute Gasteiger partial charge is 0.493 e. The summed E-state index contributed by atoms with van der Waals surface area (Å²) in [6.45, 7) is 3.61. The van der Waals surface area contributed by atoms with Crippen molar-refractivity contribution < 1.29 is 27.7 Å². The fourth-order valence-corrected chi connectivity index (χ4v) is 6.08. The van der Waals surface area contributed by atoms with Crippen LogP contribution in [0.1, 0.15) is 31.1 Å². The van der Waals surface area contributed by atoms with E-state index < -0.39 is 22.2 Å². The highest BCUT2D eigenvalue weighted by Gasteiger charge is 2.45. The number of hydrogen-bond donors (Lipinski definition) is 1. The molecule has 0 bridgehead atoms. The van der Waals surface area contributed by atoms with Crippen molar-refractivity contribution in [3.63, 3.8) is 0 Å². The number of aliphatic hydroxyl groups is 1. The molecule has 0 saturated carbocycles. The molecule has 0 saturated heterocycles. The van der Waals surface area contributed by atoms with Crippen LogP contribution in [0.2, 0.25) is 0 Å². The predicted molar refractivity (Wildman–Crippen MR) is 109 cm³/mol. The standard InChI is InChI=1S/C21H27NO6S/c1-13(2)22-16(19(23)15-8-6-7-9-18(15)29(22,24)25)12-14-10-11-17(26-3)21(28-5)20(14)27-4/h6-11,13,16,19,23H,12H2,1-5H3/t16-,19-/m1/s1. The van der Waals surface area contributed by atoms with Crippen LogP contribution in [0.4, 0.5) is 0 Å². The number of rotatable bonds is 6.